The van der Waals surface area contributed by atoms with E-state index < -0.39 is 0 Å². The second-order valence-corrected chi connectivity index (χ2v) is 4.65. The molecule has 0 aliphatic carbocycles. The maximum Gasteiger partial charge on any atom is 0.141 e. The predicted octanol–water partition coefficient (Wildman–Crippen LogP) is 3.09. The highest BCUT2D eigenvalue weighted by Crippen LogP contribution is 2.29. The Labute approximate surface area is 113 Å². The molecule has 0 amide bonds. The van der Waals surface area contributed by atoms with E-state index in [0.29, 0.717) is 11.3 Å². The zero-order valence-corrected chi connectivity index (χ0v) is 11.3. The molecule has 3 N–H and O–H groups in total. The third-order valence-electron chi connectivity index (χ3n) is 3.03. The molecule has 0 aliphatic heterocycles. The van der Waals surface area contributed by atoms with Crippen LogP contribution >= 0.6 is 0 Å². The summed E-state index contributed by atoms with van der Waals surface area (Å²) in [4.78, 5) is 4.32. The molecule has 2 rings (SSSR count). The van der Waals surface area contributed by atoms with Gasteiger partial charge in [-0.2, -0.15) is 0 Å². The minimum atomic E-state index is -0.0167. The van der Waals surface area contributed by atoms with Gasteiger partial charge in [0.05, 0.1) is 17.2 Å². The highest BCUT2D eigenvalue weighted by Gasteiger charge is 2.14. The van der Waals surface area contributed by atoms with Gasteiger partial charge in [0.2, 0.25) is 0 Å². The van der Waals surface area contributed by atoms with Gasteiger partial charge >= 0.3 is 0 Å². The zero-order valence-electron chi connectivity index (χ0n) is 11.3. The molecular formula is C15H19N3O. The number of hydrogen-bond acceptors (Lipinski definition) is 3. The largest absolute Gasteiger partial charge is 0.489 e. The van der Waals surface area contributed by atoms with Crippen LogP contribution in [0.3, 0.4) is 0 Å². The van der Waals surface area contributed by atoms with Crippen molar-refractivity contribution in [3.05, 3.63) is 36.0 Å². The molecule has 19 heavy (non-hydrogen) atoms. The summed E-state index contributed by atoms with van der Waals surface area (Å²) in [6.07, 6.45) is 3.72. The number of nitrogens with two attached hydrogens (primary N) is 1. The average molecular weight is 257 g/mol. The second kappa shape index (κ2) is 5.69. The Morgan fingerprint density at radius 1 is 1.42 bits per heavy atom. The van der Waals surface area contributed by atoms with Crippen LogP contribution in [0.5, 0.6) is 5.75 Å². The van der Waals surface area contributed by atoms with Crippen LogP contribution in [0, 0.1) is 5.41 Å². The fraction of sp³-hybridized carbons (Fsp3) is 0.333. The van der Waals surface area contributed by atoms with Gasteiger partial charge < -0.3 is 10.5 Å². The minimum absolute atomic E-state index is 0.0167. The van der Waals surface area contributed by atoms with Gasteiger partial charge in [-0.15, -0.1) is 0 Å². The number of ether oxygens (including phenoxy) is 1. The molecule has 4 nitrogen and oxygen atoms in total. The van der Waals surface area contributed by atoms with E-state index in [1.54, 1.807) is 6.20 Å². The number of pyridine rings is 1. The lowest BCUT2D eigenvalue weighted by Crippen LogP contribution is -2.18. The normalized spacial score (nSPS) is 12.3. The van der Waals surface area contributed by atoms with Crippen molar-refractivity contribution in [3.63, 3.8) is 0 Å². The van der Waals surface area contributed by atoms with Gasteiger partial charge in [0.25, 0.3) is 0 Å². The summed E-state index contributed by atoms with van der Waals surface area (Å²) in [5.74, 6) is 0.649. The predicted molar refractivity (Wildman–Crippen MR) is 77.8 cm³/mol. The van der Waals surface area contributed by atoms with E-state index in [2.05, 4.69) is 11.9 Å². The summed E-state index contributed by atoms with van der Waals surface area (Å²) in [5.41, 5.74) is 7.03. The number of para-hydroxylation sites is 1. The third kappa shape index (κ3) is 2.84. The number of aromatic nitrogens is 1. The van der Waals surface area contributed by atoms with Crippen LogP contribution in [0.15, 0.2) is 30.5 Å². The van der Waals surface area contributed by atoms with Crippen molar-refractivity contribution < 1.29 is 4.74 Å². The number of nitrogens with zero attached hydrogens (tertiary/aromatic N) is 1. The lowest BCUT2D eigenvalue weighted by Gasteiger charge is -2.18. The molecule has 1 aromatic carbocycles. The summed E-state index contributed by atoms with van der Waals surface area (Å²) in [7, 11) is 0. The zero-order chi connectivity index (χ0) is 13.8. The molecule has 1 aromatic heterocycles. The smallest absolute Gasteiger partial charge is 0.141 e. The van der Waals surface area contributed by atoms with E-state index in [0.717, 1.165) is 23.7 Å². The van der Waals surface area contributed by atoms with Crippen LogP contribution in [-0.2, 0) is 0 Å². The maximum absolute atomic E-state index is 7.66. The Morgan fingerprint density at radius 2 is 2.16 bits per heavy atom. The molecule has 0 saturated heterocycles. The molecule has 0 radical (unpaired) electrons. The van der Waals surface area contributed by atoms with E-state index in [-0.39, 0.29) is 11.9 Å². The second-order valence-electron chi connectivity index (χ2n) is 4.65. The van der Waals surface area contributed by atoms with Crippen molar-refractivity contribution in [1.82, 2.24) is 4.98 Å². The maximum atomic E-state index is 7.66. The van der Waals surface area contributed by atoms with Crippen LogP contribution in [0.25, 0.3) is 10.9 Å². The minimum Gasteiger partial charge on any atom is -0.489 e. The summed E-state index contributed by atoms with van der Waals surface area (Å²) in [6.45, 7) is 4.15. The number of nitrogens with one attached hydrogen (secondary N) is 1. The average Bonchev–Trinajstić information content (AvgIpc) is 2.39. The number of hydrogen-bond donors (Lipinski definition) is 2. The number of nitrogen functional groups attached to an aromatic ring is 1. The Balaban J connectivity index is 2.52. The van der Waals surface area contributed by atoms with E-state index in [4.69, 9.17) is 15.9 Å². The Bertz CT molecular complexity index is 595. The topological polar surface area (TPSA) is 72.0 Å². The molecule has 2 aromatic rings. The van der Waals surface area contributed by atoms with E-state index in [1.807, 2.05) is 31.2 Å². The molecule has 0 spiro atoms. The number of rotatable bonds is 5. The first-order chi connectivity index (χ1) is 9.13. The Morgan fingerprint density at radius 3 is 2.84 bits per heavy atom. The van der Waals surface area contributed by atoms with Gasteiger partial charge in [-0.3, -0.25) is 10.4 Å². The molecule has 100 valence electrons. The quantitative estimate of drug-likeness (QED) is 0.638. The van der Waals surface area contributed by atoms with Crippen LogP contribution in [-0.4, -0.2) is 16.9 Å². The molecule has 0 saturated carbocycles. The van der Waals surface area contributed by atoms with Gasteiger partial charge in [0, 0.05) is 11.6 Å². The summed E-state index contributed by atoms with van der Waals surface area (Å²) in [5, 5.41) is 8.56. The van der Waals surface area contributed by atoms with Crippen molar-refractivity contribution in [3.8, 4) is 5.75 Å². The van der Waals surface area contributed by atoms with Crippen molar-refractivity contribution >= 4 is 16.7 Å². The van der Waals surface area contributed by atoms with Crippen LogP contribution in [0.1, 0.15) is 32.3 Å². The van der Waals surface area contributed by atoms with E-state index >= 15 is 0 Å². The first kappa shape index (κ1) is 13.3. The van der Waals surface area contributed by atoms with Crippen molar-refractivity contribution in [1.29, 1.82) is 5.41 Å². The molecule has 4 heteroatoms. The molecule has 1 unspecified atom stereocenters. The van der Waals surface area contributed by atoms with Crippen LogP contribution in [0.4, 0.5) is 0 Å². The molecule has 0 fully saturated rings. The first-order valence-electron chi connectivity index (χ1n) is 6.52. The summed E-state index contributed by atoms with van der Waals surface area (Å²) in [6, 6.07) is 7.74. The van der Waals surface area contributed by atoms with Crippen molar-refractivity contribution in [2.75, 3.05) is 0 Å². The van der Waals surface area contributed by atoms with Gasteiger partial charge in [-0.25, -0.2) is 0 Å². The number of fused-ring (bicyclic) bond motifs is 1. The standard InChI is InChI=1S/C15H19N3O/c1-3-6-10(2)19-14-11-7-4-5-8-13(11)18-9-12(14)15(16)17/h4-5,7-10H,3,6H2,1-2H3,(H3,16,17). The lowest BCUT2D eigenvalue weighted by atomic mass is 10.1. The van der Waals surface area contributed by atoms with Gasteiger partial charge in [0.1, 0.15) is 11.6 Å². The number of amidine groups is 1. The van der Waals surface area contributed by atoms with Crippen molar-refractivity contribution in [2.24, 2.45) is 5.73 Å². The summed E-state index contributed by atoms with van der Waals surface area (Å²) < 4.78 is 6.00. The first-order valence-corrected chi connectivity index (χ1v) is 6.52. The molecular weight excluding hydrogens is 238 g/mol. The fourth-order valence-electron chi connectivity index (χ4n) is 2.10. The Hall–Kier alpha value is -2.10. The Kier molecular flexibility index (Phi) is 4.00. The molecule has 1 atom stereocenters. The van der Waals surface area contributed by atoms with Gasteiger partial charge in [0.15, 0.2) is 0 Å². The third-order valence-corrected chi connectivity index (χ3v) is 3.03. The SMILES string of the molecule is CCCC(C)Oc1c(C(=N)N)cnc2ccccc12. The fourth-order valence-corrected chi connectivity index (χ4v) is 2.10. The molecule has 1 heterocycles. The van der Waals surface area contributed by atoms with E-state index in [1.165, 1.54) is 0 Å². The van der Waals surface area contributed by atoms with Crippen molar-refractivity contribution in [2.45, 2.75) is 32.8 Å². The highest BCUT2D eigenvalue weighted by atomic mass is 16.5. The van der Waals surface area contributed by atoms with Gasteiger partial charge in [-0.05, 0) is 25.5 Å². The van der Waals surface area contributed by atoms with Crippen LogP contribution in [0.2, 0.25) is 0 Å². The number of benzene rings is 1. The highest BCUT2D eigenvalue weighted by molar-refractivity contribution is 6.02. The van der Waals surface area contributed by atoms with Crippen LogP contribution < -0.4 is 10.5 Å². The lowest BCUT2D eigenvalue weighted by molar-refractivity contribution is 0.212. The molecule has 0 aliphatic rings. The monoisotopic (exact) mass is 257 g/mol. The van der Waals surface area contributed by atoms with E-state index in [9.17, 15) is 0 Å². The van der Waals surface area contributed by atoms with Gasteiger partial charge in [-0.1, -0.05) is 25.5 Å². The summed E-state index contributed by atoms with van der Waals surface area (Å²) >= 11 is 0. The molecule has 0 bridgehead atoms.